The quantitative estimate of drug-likeness (QED) is 0.675. The van der Waals surface area contributed by atoms with Crippen LogP contribution in [0.1, 0.15) is 44.9 Å². The summed E-state index contributed by atoms with van der Waals surface area (Å²) >= 11 is 0. The van der Waals surface area contributed by atoms with Crippen LogP contribution in [0.4, 0.5) is 0 Å². The van der Waals surface area contributed by atoms with Gasteiger partial charge in [-0.25, -0.2) is 0 Å². The third kappa shape index (κ3) is 2.05. The van der Waals surface area contributed by atoms with Crippen LogP contribution in [-0.4, -0.2) is 18.8 Å². The van der Waals surface area contributed by atoms with Gasteiger partial charge in [0.15, 0.2) is 0 Å². The summed E-state index contributed by atoms with van der Waals surface area (Å²) < 4.78 is 5.38. The highest BCUT2D eigenvalue weighted by molar-refractivity contribution is 4.93. The molecule has 13 heavy (non-hydrogen) atoms. The van der Waals surface area contributed by atoms with Crippen LogP contribution in [0.2, 0.25) is 0 Å². The van der Waals surface area contributed by atoms with E-state index in [0.717, 1.165) is 32.0 Å². The molecular formula is C11H21NO. The molecule has 2 N–H and O–H groups in total. The number of ether oxygens (including phenoxy) is 1. The van der Waals surface area contributed by atoms with E-state index >= 15 is 0 Å². The molecule has 0 aromatic carbocycles. The fraction of sp³-hybridized carbons (Fsp3) is 1.00. The first kappa shape index (κ1) is 9.47. The van der Waals surface area contributed by atoms with Gasteiger partial charge in [0.05, 0.1) is 0 Å². The molecule has 1 aliphatic carbocycles. The lowest BCUT2D eigenvalue weighted by Crippen LogP contribution is -2.51. The number of rotatable bonds is 1. The average molecular weight is 183 g/mol. The lowest BCUT2D eigenvalue weighted by Gasteiger charge is -2.42. The van der Waals surface area contributed by atoms with Gasteiger partial charge in [0.25, 0.3) is 0 Å². The molecule has 1 saturated carbocycles. The van der Waals surface area contributed by atoms with E-state index in [1.165, 1.54) is 32.1 Å². The summed E-state index contributed by atoms with van der Waals surface area (Å²) in [6.45, 7) is 1.76. The van der Waals surface area contributed by atoms with Gasteiger partial charge in [0.1, 0.15) is 0 Å². The maximum Gasteiger partial charge on any atom is 0.0483 e. The second-order valence-corrected chi connectivity index (χ2v) is 4.68. The van der Waals surface area contributed by atoms with E-state index < -0.39 is 0 Å². The van der Waals surface area contributed by atoms with E-state index in [1.807, 2.05) is 0 Å². The lowest BCUT2D eigenvalue weighted by molar-refractivity contribution is 0.0216. The topological polar surface area (TPSA) is 35.2 Å². The predicted octanol–water partition coefficient (Wildman–Crippen LogP) is 2.07. The van der Waals surface area contributed by atoms with Crippen molar-refractivity contribution in [2.75, 3.05) is 13.2 Å². The SMILES string of the molecule is NC1(C2CCCCC2)CCOCC1. The zero-order chi connectivity index (χ0) is 9.15. The van der Waals surface area contributed by atoms with Gasteiger partial charge >= 0.3 is 0 Å². The number of hydrogen-bond acceptors (Lipinski definition) is 2. The van der Waals surface area contributed by atoms with Crippen LogP contribution < -0.4 is 5.73 Å². The summed E-state index contributed by atoms with van der Waals surface area (Å²) in [7, 11) is 0. The van der Waals surface area contributed by atoms with Crippen LogP contribution in [0, 0.1) is 5.92 Å². The summed E-state index contributed by atoms with van der Waals surface area (Å²) in [5, 5.41) is 0. The molecule has 0 aromatic rings. The molecule has 1 aliphatic heterocycles. The van der Waals surface area contributed by atoms with Crippen LogP contribution in [-0.2, 0) is 4.74 Å². The summed E-state index contributed by atoms with van der Waals surface area (Å²) in [5.74, 6) is 0.783. The Hall–Kier alpha value is -0.0800. The monoisotopic (exact) mass is 183 g/mol. The van der Waals surface area contributed by atoms with Crippen LogP contribution in [0.3, 0.4) is 0 Å². The first-order valence-electron chi connectivity index (χ1n) is 5.68. The minimum atomic E-state index is 0.124. The van der Waals surface area contributed by atoms with E-state index in [4.69, 9.17) is 10.5 Å². The lowest BCUT2D eigenvalue weighted by atomic mass is 9.71. The smallest absolute Gasteiger partial charge is 0.0483 e. The molecule has 2 rings (SSSR count). The number of nitrogens with two attached hydrogens (primary N) is 1. The average Bonchev–Trinajstić information content (AvgIpc) is 2.20. The van der Waals surface area contributed by atoms with Gasteiger partial charge in [-0.15, -0.1) is 0 Å². The van der Waals surface area contributed by atoms with Gasteiger partial charge in [0.2, 0.25) is 0 Å². The minimum Gasteiger partial charge on any atom is -0.381 e. The highest BCUT2D eigenvalue weighted by Crippen LogP contribution is 2.36. The van der Waals surface area contributed by atoms with Crippen LogP contribution in [0.5, 0.6) is 0 Å². The van der Waals surface area contributed by atoms with Crippen molar-refractivity contribution in [3.63, 3.8) is 0 Å². The molecule has 0 spiro atoms. The van der Waals surface area contributed by atoms with Crippen molar-refractivity contribution in [3.05, 3.63) is 0 Å². The predicted molar refractivity (Wildman–Crippen MR) is 53.5 cm³/mol. The van der Waals surface area contributed by atoms with Crippen molar-refractivity contribution in [2.45, 2.75) is 50.5 Å². The van der Waals surface area contributed by atoms with Gasteiger partial charge in [-0.1, -0.05) is 19.3 Å². The van der Waals surface area contributed by atoms with Gasteiger partial charge in [-0.3, -0.25) is 0 Å². The Morgan fingerprint density at radius 1 is 1.00 bits per heavy atom. The van der Waals surface area contributed by atoms with Crippen molar-refractivity contribution in [1.29, 1.82) is 0 Å². The van der Waals surface area contributed by atoms with E-state index in [9.17, 15) is 0 Å². The van der Waals surface area contributed by atoms with Crippen molar-refractivity contribution < 1.29 is 4.74 Å². The van der Waals surface area contributed by atoms with Crippen LogP contribution in [0.15, 0.2) is 0 Å². The van der Waals surface area contributed by atoms with E-state index in [1.54, 1.807) is 0 Å². The van der Waals surface area contributed by atoms with Crippen LogP contribution in [0.25, 0.3) is 0 Å². The second-order valence-electron chi connectivity index (χ2n) is 4.68. The first-order chi connectivity index (χ1) is 6.31. The zero-order valence-corrected chi connectivity index (χ0v) is 8.43. The molecule has 1 heterocycles. The Kier molecular flexibility index (Phi) is 2.89. The summed E-state index contributed by atoms with van der Waals surface area (Å²) in [6, 6.07) is 0. The zero-order valence-electron chi connectivity index (χ0n) is 8.43. The molecule has 1 saturated heterocycles. The summed E-state index contributed by atoms with van der Waals surface area (Å²) in [5.41, 5.74) is 6.58. The van der Waals surface area contributed by atoms with Gasteiger partial charge in [-0.05, 0) is 31.6 Å². The maximum absolute atomic E-state index is 6.45. The molecule has 0 bridgehead atoms. The molecule has 2 nitrogen and oxygen atoms in total. The van der Waals surface area contributed by atoms with E-state index in [-0.39, 0.29) is 5.54 Å². The molecule has 0 unspecified atom stereocenters. The van der Waals surface area contributed by atoms with Gasteiger partial charge in [0, 0.05) is 18.8 Å². The molecule has 0 amide bonds. The Balaban J connectivity index is 1.94. The molecule has 2 fully saturated rings. The molecule has 2 aliphatic rings. The third-order valence-electron chi connectivity index (χ3n) is 3.84. The first-order valence-corrected chi connectivity index (χ1v) is 5.68. The normalized spacial score (nSPS) is 30.2. The Morgan fingerprint density at radius 3 is 2.23 bits per heavy atom. The number of hydrogen-bond donors (Lipinski definition) is 1. The molecule has 0 aromatic heterocycles. The van der Waals surface area contributed by atoms with Crippen LogP contribution >= 0.6 is 0 Å². The molecule has 0 radical (unpaired) electrons. The standard InChI is InChI=1S/C11H21NO/c12-11(6-8-13-9-7-11)10-4-2-1-3-5-10/h10H,1-9,12H2. The molecular weight excluding hydrogens is 162 g/mol. The Bertz CT molecular complexity index is 157. The summed E-state index contributed by atoms with van der Waals surface area (Å²) in [6.07, 6.45) is 9.08. The fourth-order valence-electron chi connectivity index (χ4n) is 2.84. The largest absolute Gasteiger partial charge is 0.381 e. The highest BCUT2D eigenvalue weighted by Gasteiger charge is 2.36. The van der Waals surface area contributed by atoms with Gasteiger partial charge in [-0.2, -0.15) is 0 Å². The fourth-order valence-corrected chi connectivity index (χ4v) is 2.84. The molecule has 0 atom stereocenters. The highest BCUT2D eigenvalue weighted by atomic mass is 16.5. The van der Waals surface area contributed by atoms with Crippen molar-refractivity contribution in [1.82, 2.24) is 0 Å². The molecule has 2 heteroatoms. The second kappa shape index (κ2) is 3.97. The van der Waals surface area contributed by atoms with Gasteiger partial charge < -0.3 is 10.5 Å². The molecule has 76 valence electrons. The van der Waals surface area contributed by atoms with Crippen molar-refractivity contribution >= 4 is 0 Å². The van der Waals surface area contributed by atoms with E-state index in [0.29, 0.717) is 0 Å². The minimum absolute atomic E-state index is 0.124. The maximum atomic E-state index is 6.45. The third-order valence-corrected chi connectivity index (χ3v) is 3.84. The summed E-state index contributed by atoms with van der Waals surface area (Å²) in [4.78, 5) is 0. The van der Waals surface area contributed by atoms with E-state index in [2.05, 4.69) is 0 Å². The van der Waals surface area contributed by atoms with Crippen molar-refractivity contribution in [2.24, 2.45) is 11.7 Å². The Labute approximate surface area is 80.8 Å². The Morgan fingerprint density at radius 2 is 1.62 bits per heavy atom. The van der Waals surface area contributed by atoms with Crippen molar-refractivity contribution in [3.8, 4) is 0 Å².